The summed E-state index contributed by atoms with van der Waals surface area (Å²) in [6.45, 7) is 5.09. The van der Waals surface area contributed by atoms with Gasteiger partial charge in [-0.3, -0.25) is 10.1 Å². The third-order valence-corrected chi connectivity index (χ3v) is 4.12. The minimum atomic E-state index is -0.217. The van der Waals surface area contributed by atoms with Gasteiger partial charge in [0.1, 0.15) is 0 Å². The van der Waals surface area contributed by atoms with Gasteiger partial charge in [-0.2, -0.15) is 0 Å². The number of rotatable bonds is 7. The molecule has 1 amide bonds. The SMILES string of the molecule is COCCNC(=O)C(C)NC(C)c1ccc2c(c1)CCC2. The molecule has 1 aliphatic carbocycles. The highest BCUT2D eigenvalue weighted by Gasteiger charge is 2.17. The predicted molar refractivity (Wildman–Crippen MR) is 84.4 cm³/mol. The Hall–Kier alpha value is -1.39. The van der Waals surface area contributed by atoms with E-state index in [0.717, 1.165) is 0 Å². The summed E-state index contributed by atoms with van der Waals surface area (Å²) in [4.78, 5) is 11.9. The zero-order valence-electron chi connectivity index (χ0n) is 13.2. The smallest absolute Gasteiger partial charge is 0.236 e. The van der Waals surface area contributed by atoms with Crippen molar-refractivity contribution >= 4 is 5.91 Å². The summed E-state index contributed by atoms with van der Waals surface area (Å²) in [5.74, 6) is 0.0139. The van der Waals surface area contributed by atoms with Gasteiger partial charge in [-0.25, -0.2) is 0 Å². The molecule has 1 aromatic carbocycles. The molecule has 4 nitrogen and oxygen atoms in total. The van der Waals surface area contributed by atoms with Crippen LogP contribution in [0.1, 0.15) is 43.0 Å². The first-order valence-corrected chi connectivity index (χ1v) is 7.76. The van der Waals surface area contributed by atoms with Crippen LogP contribution in [-0.4, -0.2) is 32.2 Å². The second-order valence-electron chi connectivity index (χ2n) is 5.78. The lowest BCUT2D eigenvalue weighted by Crippen LogP contribution is -2.44. The predicted octanol–water partition coefficient (Wildman–Crippen LogP) is 1.98. The average Bonchev–Trinajstić information content (AvgIpc) is 2.94. The number of ether oxygens (including phenoxy) is 1. The van der Waals surface area contributed by atoms with E-state index in [9.17, 15) is 4.79 Å². The summed E-state index contributed by atoms with van der Waals surface area (Å²) in [6.07, 6.45) is 3.65. The second-order valence-corrected chi connectivity index (χ2v) is 5.78. The Balaban J connectivity index is 1.88. The number of hydrogen-bond donors (Lipinski definition) is 2. The maximum Gasteiger partial charge on any atom is 0.236 e. The number of hydrogen-bond acceptors (Lipinski definition) is 3. The van der Waals surface area contributed by atoms with Gasteiger partial charge in [0, 0.05) is 19.7 Å². The van der Waals surface area contributed by atoms with Crippen molar-refractivity contribution in [1.29, 1.82) is 0 Å². The van der Waals surface area contributed by atoms with Crippen LogP contribution in [-0.2, 0) is 22.4 Å². The number of methoxy groups -OCH3 is 1. The van der Waals surface area contributed by atoms with Gasteiger partial charge in [-0.05, 0) is 49.8 Å². The molecule has 0 spiro atoms. The fourth-order valence-electron chi connectivity index (χ4n) is 2.84. The third-order valence-electron chi connectivity index (χ3n) is 4.12. The zero-order chi connectivity index (χ0) is 15.2. The van der Waals surface area contributed by atoms with Crippen molar-refractivity contribution in [3.05, 3.63) is 34.9 Å². The lowest BCUT2D eigenvalue weighted by molar-refractivity contribution is -0.123. The molecule has 0 aromatic heterocycles. The molecule has 2 unspecified atom stereocenters. The van der Waals surface area contributed by atoms with Crippen LogP contribution in [0.25, 0.3) is 0 Å². The molecule has 0 radical (unpaired) electrons. The fourth-order valence-corrected chi connectivity index (χ4v) is 2.84. The van der Waals surface area contributed by atoms with Gasteiger partial charge in [-0.1, -0.05) is 18.2 Å². The van der Waals surface area contributed by atoms with Gasteiger partial charge in [0.15, 0.2) is 0 Å². The maximum atomic E-state index is 11.9. The summed E-state index contributed by atoms with van der Waals surface area (Å²) in [7, 11) is 1.63. The molecule has 0 heterocycles. The maximum absolute atomic E-state index is 11.9. The first-order valence-electron chi connectivity index (χ1n) is 7.76. The van der Waals surface area contributed by atoms with Crippen LogP contribution in [0.2, 0.25) is 0 Å². The van der Waals surface area contributed by atoms with Crippen LogP contribution >= 0.6 is 0 Å². The van der Waals surface area contributed by atoms with E-state index in [1.807, 2.05) is 6.92 Å². The third kappa shape index (κ3) is 4.29. The van der Waals surface area contributed by atoms with E-state index >= 15 is 0 Å². The van der Waals surface area contributed by atoms with Crippen LogP contribution in [0, 0.1) is 0 Å². The molecule has 0 saturated heterocycles. The minimum absolute atomic E-state index is 0.0139. The van der Waals surface area contributed by atoms with E-state index in [0.29, 0.717) is 13.2 Å². The molecule has 1 aromatic rings. The summed E-state index contributed by atoms with van der Waals surface area (Å²) in [5, 5.41) is 6.22. The summed E-state index contributed by atoms with van der Waals surface area (Å²) in [5.41, 5.74) is 4.21. The van der Waals surface area contributed by atoms with Crippen molar-refractivity contribution in [3.8, 4) is 0 Å². The molecule has 21 heavy (non-hydrogen) atoms. The Bertz CT molecular complexity index is 488. The van der Waals surface area contributed by atoms with Crippen LogP contribution in [0.5, 0.6) is 0 Å². The van der Waals surface area contributed by atoms with Crippen molar-refractivity contribution in [1.82, 2.24) is 10.6 Å². The Kier molecular flexibility index (Phi) is 5.76. The second kappa shape index (κ2) is 7.57. The van der Waals surface area contributed by atoms with Gasteiger partial charge in [-0.15, -0.1) is 0 Å². The quantitative estimate of drug-likeness (QED) is 0.755. The fraction of sp³-hybridized carbons (Fsp3) is 0.588. The Morgan fingerprint density at radius 2 is 2.05 bits per heavy atom. The van der Waals surface area contributed by atoms with E-state index < -0.39 is 0 Å². The summed E-state index contributed by atoms with van der Waals surface area (Å²) < 4.78 is 4.93. The van der Waals surface area contributed by atoms with Crippen molar-refractivity contribution in [3.63, 3.8) is 0 Å². The van der Waals surface area contributed by atoms with E-state index in [-0.39, 0.29) is 18.0 Å². The Morgan fingerprint density at radius 3 is 2.81 bits per heavy atom. The summed E-state index contributed by atoms with van der Waals surface area (Å²) in [6, 6.07) is 6.65. The number of nitrogens with one attached hydrogen (secondary N) is 2. The van der Waals surface area contributed by atoms with Crippen molar-refractivity contribution in [2.24, 2.45) is 0 Å². The first kappa shape index (κ1) is 16.0. The van der Waals surface area contributed by atoms with Crippen molar-refractivity contribution in [2.45, 2.75) is 45.2 Å². The van der Waals surface area contributed by atoms with Gasteiger partial charge < -0.3 is 10.1 Å². The lowest BCUT2D eigenvalue weighted by atomic mass is 10.0. The largest absolute Gasteiger partial charge is 0.383 e. The lowest BCUT2D eigenvalue weighted by Gasteiger charge is -2.20. The standard InChI is InChI=1S/C17H26N2O2/c1-12(19-13(2)17(20)18-9-10-21-3)15-8-7-14-5-4-6-16(14)11-15/h7-8,11-13,19H,4-6,9-10H2,1-3H3,(H,18,20). The molecule has 0 bridgehead atoms. The zero-order valence-corrected chi connectivity index (χ0v) is 13.2. The number of fused-ring (bicyclic) bond motifs is 1. The number of carbonyl (C=O) groups is 1. The molecule has 2 N–H and O–H groups in total. The van der Waals surface area contributed by atoms with Crippen LogP contribution in [0.4, 0.5) is 0 Å². The monoisotopic (exact) mass is 290 g/mol. The number of aryl methyl sites for hydroxylation is 2. The molecule has 116 valence electrons. The van der Waals surface area contributed by atoms with E-state index in [1.165, 1.54) is 36.0 Å². The number of carbonyl (C=O) groups excluding carboxylic acids is 1. The Morgan fingerprint density at radius 1 is 1.29 bits per heavy atom. The number of amides is 1. The average molecular weight is 290 g/mol. The summed E-state index contributed by atoms with van der Waals surface area (Å²) >= 11 is 0. The Labute approximate surface area is 127 Å². The van der Waals surface area contributed by atoms with Crippen LogP contribution < -0.4 is 10.6 Å². The van der Waals surface area contributed by atoms with Crippen LogP contribution in [0.3, 0.4) is 0 Å². The molecule has 2 atom stereocenters. The molecule has 2 rings (SSSR count). The van der Waals surface area contributed by atoms with E-state index in [2.05, 4.69) is 35.8 Å². The normalized spacial score (nSPS) is 16.3. The van der Waals surface area contributed by atoms with Gasteiger partial charge in [0.05, 0.1) is 12.6 Å². The molecule has 0 saturated carbocycles. The molecule has 0 fully saturated rings. The van der Waals surface area contributed by atoms with Gasteiger partial charge >= 0.3 is 0 Å². The van der Waals surface area contributed by atoms with E-state index in [1.54, 1.807) is 7.11 Å². The van der Waals surface area contributed by atoms with Gasteiger partial charge in [0.25, 0.3) is 0 Å². The van der Waals surface area contributed by atoms with E-state index in [4.69, 9.17) is 4.74 Å². The van der Waals surface area contributed by atoms with Crippen molar-refractivity contribution in [2.75, 3.05) is 20.3 Å². The number of benzene rings is 1. The molecular weight excluding hydrogens is 264 g/mol. The highest BCUT2D eigenvalue weighted by Crippen LogP contribution is 2.25. The highest BCUT2D eigenvalue weighted by atomic mass is 16.5. The van der Waals surface area contributed by atoms with Crippen LogP contribution in [0.15, 0.2) is 18.2 Å². The van der Waals surface area contributed by atoms with Gasteiger partial charge in [0.2, 0.25) is 5.91 Å². The topological polar surface area (TPSA) is 50.4 Å². The molecule has 0 aliphatic heterocycles. The molecule has 4 heteroatoms. The molecule has 1 aliphatic rings. The highest BCUT2D eigenvalue weighted by molar-refractivity contribution is 5.81. The minimum Gasteiger partial charge on any atom is -0.383 e. The molecular formula is C17H26N2O2. The first-order chi connectivity index (χ1) is 10.1. The van der Waals surface area contributed by atoms with Crippen molar-refractivity contribution < 1.29 is 9.53 Å².